The van der Waals surface area contributed by atoms with Crippen molar-refractivity contribution in [1.29, 1.82) is 0 Å². The van der Waals surface area contributed by atoms with Gasteiger partial charge >= 0.3 is 6.01 Å². The van der Waals surface area contributed by atoms with Crippen molar-refractivity contribution >= 4 is 38.9 Å². The third kappa shape index (κ3) is 2.31. The fraction of sp³-hybridized carbons (Fsp3) is 0. The Morgan fingerprint density at radius 3 is 2.23 bits per heavy atom. The molecule has 0 aliphatic carbocycles. The molecule has 0 atom stereocenters. The molecule has 0 radical (unpaired) electrons. The zero-order valence-corrected chi connectivity index (χ0v) is 16.4. The molecule has 0 N–H and O–H groups in total. The number of oxazole rings is 1. The van der Waals surface area contributed by atoms with Gasteiger partial charge in [0.15, 0.2) is 5.58 Å². The van der Waals surface area contributed by atoms with Gasteiger partial charge in [-0.3, -0.25) is 4.40 Å². The maximum atomic E-state index is 6.14. The molecule has 0 unspecified atom stereocenters. The van der Waals surface area contributed by atoms with E-state index >= 15 is 0 Å². The van der Waals surface area contributed by atoms with Crippen LogP contribution in [0.2, 0.25) is 0 Å². The molecule has 0 fully saturated rings. The minimum Gasteiger partial charge on any atom is -0.423 e. The van der Waals surface area contributed by atoms with Crippen molar-refractivity contribution in [3.8, 4) is 17.1 Å². The summed E-state index contributed by atoms with van der Waals surface area (Å²) >= 11 is 0. The molecule has 0 spiro atoms. The molecule has 0 amide bonds. The largest absolute Gasteiger partial charge is 0.423 e. The minimum absolute atomic E-state index is 0.518. The van der Waals surface area contributed by atoms with E-state index in [-0.39, 0.29) is 0 Å². The molecule has 0 bridgehead atoms. The highest BCUT2D eigenvalue weighted by atomic mass is 16.4. The second kappa shape index (κ2) is 6.06. The van der Waals surface area contributed by atoms with Crippen LogP contribution in [-0.4, -0.2) is 18.9 Å². The Balaban J connectivity index is 1.62. The highest BCUT2D eigenvalue weighted by Crippen LogP contribution is 2.32. The van der Waals surface area contributed by atoms with Crippen molar-refractivity contribution in [3.05, 3.63) is 97.1 Å². The molecule has 7 rings (SSSR count). The first-order valence-electron chi connectivity index (χ1n) is 10.2. The van der Waals surface area contributed by atoms with Gasteiger partial charge in [-0.2, -0.15) is 4.98 Å². The number of hydrogen-bond acceptors (Lipinski definition) is 3. The summed E-state index contributed by atoms with van der Waals surface area (Å²) in [6.45, 7) is 0. The molecule has 5 heteroatoms. The van der Waals surface area contributed by atoms with E-state index in [0.717, 1.165) is 44.5 Å². The summed E-state index contributed by atoms with van der Waals surface area (Å²) in [4.78, 5) is 9.68. The van der Waals surface area contributed by atoms with Crippen molar-refractivity contribution in [3.63, 3.8) is 0 Å². The summed E-state index contributed by atoms with van der Waals surface area (Å²) < 4.78 is 10.3. The standard InChI is InChI=1S/C26H16N4O/c1-2-8-17(9-3-1)18-14-15-22-23(16-18)29-21-12-6-4-10-19(21)27-25(29)30(22)26-28-20-11-5-7-13-24(20)31-26/h1-16H. The molecule has 4 aromatic carbocycles. The van der Waals surface area contributed by atoms with E-state index in [9.17, 15) is 0 Å². The smallest absolute Gasteiger partial charge is 0.310 e. The normalized spacial score (nSPS) is 11.9. The lowest BCUT2D eigenvalue weighted by molar-refractivity contribution is 0.572. The molecule has 5 nitrogen and oxygen atoms in total. The van der Waals surface area contributed by atoms with Crippen molar-refractivity contribution in [2.45, 2.75) is 0 Å². The fourth-order valence-electron chi connectivity index (χ4n) is 4.35. The van der Waals surface area contributed by atoms with Crippen LogP contribution < -0.4 is 0 Å². The fourth-order valence-corrected chi connectivity index (χ4v) is 4.35. The highest BCUT2D eigenvalue weighted by molar-refractivity contribution is 5.94. The average molecular weight is 400 g/mol. The van der Waals surface area contributed by atoms with Gasteiger partial charge in [0.05, 0.1) is 22.1 Å². The van der Waals surface area contributed by atoms with Crippen molar-refractivity contribution in [2.75, 3.05) is 0 Å². The molecule has 0 saturated carbocycles. The van der Waals surface area contributed by atoms with Crippen LogP contribution >= 0.6 is 0 Å². The zero-order valence-electron chi connectivity index (χ0n) is 16.4. The topological polar surface area (TPSA) is 48.3 Å². The first-order valence-corrected chi connectivity index (χ1v) is 10.2. The van der Waals surface area contributed by atoms with Crippen LogP contribution in [0.25, 0.3) is 56.1 Å². The lowest BCUT2D eigenvalue weighted by Gasteiger charge is -2.03. The summed E-state index contributed by atoms with van der Waals surface area (Å²) in [5.41, 5.74) is 7.98. The van der Waals surface area contributed by atoms with Gasteiger partial charge in [0, 0.05) is 0 Å². The number of aromatic nitrogens is 4. The molecular formula is C26H16N4O. The quantitative estimate of drug-likeness (QED) is 0.345. The predicted molar refractivity (Wildman–Crippen MR) is 123 cm³/mol. The van der Waals surface area contributed by atoms with E-state index in [1.54, 1.807) is 0 Å². The van der Waals surface area contributed by atoms with Gasteiger partial charge in [0.1, 0.15) is 5.52 Å². The number of benzene rings is 4. The first-order chi connectivity index (χ1) is 15.4. The van der Waals surface area contributed by atoms with Gasteiger partial charge in [0.25, 0.3) is 0 Å². The maximum absolute atomic E-state index is 6.14. The summed E-state index contributed by atoms with van der Waals surface area (Å²) in [5, 5.41) is 0. The maximum Gasteiger partial charge on any atom is 0.310 e. The van der Waals surface area contributed by atoms with Gasteiger partial charge in [-0.1, -0.05) is 60.7 Å². The number of para-hydroxylation sites is 4. The second-order valence-electron chi connectivity index (χ2n) is 7.61. The molecule has 7 aromatic rings. The van der Waals surface area contributed by atoms with Crippen LogP contribution in [0.5, 0.6) is 0 Å². The van der Waals surface area contributed by atoms with Crippen LogP contribution in [-0.2, 0) is 0 Å². The molecule has 146 valence electrons. The molecular weight excluding hydrogens is 384 g/mol. The van der Waals surface area contributed by atoms with Crippen molar-refractivity contribution in [1.82, 2.24) is 18.9 Å². The van der Waals surface area contributed by atoms with E-state index in [2.05, 4.69) is 52.9 Å². The first kappa shape index (κ1) is 16.4. The lowest BCUT2D eigenvalue weighted by atomic mass is 10.1. The minimum atomic E-state index is 0.518. The molecule has 0 aliphatic heterocycles. The Hall–Kier alpha value is -4.38. The Labute approximate surface area is 176 Å². The van der Waals surface area contributed by atoms with Crippen LogP contribution in [0, 0.1) is 0 Å². The molecule has 0 aliphatic rings. The van der Waals surface area contributed by atoms with Gasteiger partial charge in [0.2, 0.25) is 5.78 Å². The monoisotopic (exact) mass is 400 g/mol. The third-order valence-corrected chi connectivity index (χ3v) is 5.78. The van der Waals surface area contributed by atoms with Crippen molar-refractivity contribution in [2.24, 2.45) is 0 Å². The Morgan fingerprint density at radius 2 is 1.35 bits per heavy atom. The third-order valence-electron chi connectivity index (χ3n) is 5.78. The van der Waals surface area contributed by atoms with Gasteiger partial charge in [-0.05, 0) is 47.5 Å². The summed E-state index contributed by atoms with van der Waals surface area (Å²) in [6, 6.07) is 33.4. The van der Waals surface area contributed by atoms with Crippen LogP contribution in [0.15, 0.2) is 101 Å². The Morgan fingerprint density at radius 1 is 0.581 bits per heavy atom. The van der Waals surface area contributed by atoms with Gasteiger partial charge < -0.3 is 4.42 Å². The van der Waals surface area contributed by atoms with Crippen LogP contribution in [0.3, 0.4) is 0 Å². The van der Waals surface area contributed by atoms with E-state index < -0.39 is 0 Å². The SMILES string of the molecule is c1ccc(-c2ccc3c(c2)n2c4ccccc4nc2n3-c2nc3ccccc3o2)cc1. The predicted octanol–water partition coefficient (Wildman–Crippen LogP) is 6.24. The number of nitrogens with zero attached hydrogens (tertiary/aromatic N) is 4. The number of hydrogen-bond donors (Lipinski definition) is 0. The zero-order chi connectivity index (χ0) is 20.4. The Bertz CT molecular complexity index is 1700. The molecule has 0 saturated heterocycles. The number of imidazole rings is 2. The van der Waals surface area contributed by atoms with Gasteiger partial charge in [-0.25, -0.2) is 9.55 Å². The summed E-state index contributed by atoms with van der Waals surface area (Å²) in [7, 11) is 0. The van der Waals surface area contributed by atoms with Crippen LogP contribution in [0.1, 0.15) is 0 Å². The van der Waals surface area contributed by atoms with E-state index in [1.807, 2.05) is 53.1 Å². The van der Waals surface area contributed by atoms with E-state index in [0.29, 0.717) is 6.01 Å². The molecule has 31 heavy (non-hydrogen) atoms. The highest BCUT2D eigenvalue weighted by Gasteiger charge is 2.20. The molecule has 3 aromatic heterocycles. The average Bonchev–Trinajstić information content (AvgIpc) is 3.49. The number of fused-ring (bicyclic) bond motifs is 6. The molecule has 3 heterocycles. The lowest BCUT2D eigenvalue weighted by Crippen LogP contribution is -1.95. The van der Waals surface area contributed by atoms with E-state index in [1.165, 1.54) is 5.56 Å². The second-order valence-corrected chi connectivity index (χ2v) is 7.61. The van der Waals surface area contributed by atoms with Gasteiger partial charge in [-0.15, -0.1) is 0 Å². The van der Waals surface area contributed by atoms with Crippen molar-refractivity contribution < 1.29 is 4.42 Å². The Kier molecular flexibility index (Phi) is 3.21. The van der Waals surface area contributed by atoms with Crippen LogP contribution in [0.4, 0.5) is 0 Å². The number of rotatable bonds is 2. The van der Waals surface area contributed by atoms with E-state index in [4.69, 9.17) is 14.4 Å². The summed E-state index contributed by atoms with van der Waals surface area (Å²) in [6.07, 6.45) is 0. The summed E-state index contributed by atoms with van der Waals surface area (Å²) in [5.74, 6) is 0.785.